The van der Waals surface area contributed by atoms with Crippen LogP contribution in [0, 0.1) is 0 Å². The van der Waals surface area contributed by atoms with E-state index in [4.69, 9.17) is 18.5 Å². The third-order valence-electron chi connectivity index (χ3n) is 10.6. The summed E-state index contributed by atoms with van der Waals surface area (Å²) in [6.45, 7) is 5.15. The van der Waals surface area contributed by atoms with Crippen LogP contribution in [0.5, 0.6) is 0 Å². The zero-order valence-electron chi connectivity index (χ0n) is 40.4. The summed E-state index contributed by atoms with van der Waals surface area (Å²) in [7, 11) is 1.32. The Morgan fingerprint density at radius 1 is 0.525 bits per heavy atom. The molecular formula is C52H96NO7P. The third-order valence-corrected chi connectivity index (χ3v) is 11.5. The second-order valence-electron chi connectivity index (χ2n) is 17.8. The lowest BCUT2D eigenvalue weighted by Crippen LogP contribution is -2.37. The Morgan fingerprint density at radius 3 is 1.44 bits per heavy atom. The lowest BCUT2D eigenvalue weighted by Gasteiger charge is -2.28. The summed E-state index contributed by atoms with van der Waals surface area (Å²) < 4.78 is 34.6. The molecule has 0 saturated carbocycles. The van der Waals surface area contributed by atoms with Crippen LogP contribution in [-0.4, -0.2) is 70.7 Å². The molecule has 9 heteroatoms. The maximum atomic E-state index is 12.7. The first-order valence-electron chi connectivity index (χ1n) is 25.0. The molecule has 0 amide bonds. The molecule has 8 nitrogen and oxygen atoms in total. The van der Waals surface area contributed by atoms with Crippen molar-refractivity contribution in [2.75, 3.05) is 54.1 Å². The quantitative estimate of drug-likeness (QED) is 0.0198. The molecule has 0 aliphatic carbocycles. The van der Waals surface area contributed by atoms with Crippen LogP contribution in [0.15, 0.2) is 60.8 Å². The molecule has 0 aromatic heterocycles. The Kier molecular flexibility index (Phi) is 43.5. The van der Waals surface area contributed by atoms with Gasteiger partial charge < -0.3 is 27.9 Å². The summed E-state index contributed by atoms with van der Waals surface area (Å²) in [5, 5.41) is 0. The van der Waals surface area contributed by atoms with Crippen molar-refractivity contribution in [3.63, 3.8) is 0 Å². The lowest BCUT2D eigenvalue weighted by atomic mass is 10.0. The van der Waals surface area contributed by atoms with Gasteiger partial charge in [-0.1, -0.05) is 190 Å². The fraction of sp³-hybridized carbons (Fsp3) is 0.788. The van der Waals surface area contributed by atoms with Crippen molar-refractivity contribution < 1.29 is 37.3 Å². The standard InChI is InChI=1S/C52H96NO7P/c1-6-8-10-12-14-16-18-20-22-23-24-25-26-27-28-29-30-31-32-33-35-37-39-41-43-45-52(54)60-51(50-59-61(55,56)58-48-46-53(3,4)5)49-57-47-44-42-40-38-36-34-21-19-17-15-13-11-9-7-2/h9,11,15,17,21,23-24,34,38,40,51H,6-8,10,12-14,16,18-20,22,25-33,35-37,39,41-50H2,1-5H3/b11-9-,17-15-,24-23-,34-21-,40-38-. The van der Waals surface area contributed by atoms with Crippen molar-refractivity contribution in [1.82, 2.24) is 0 Å². The molecule has 356 valence electrons. The highest BCUT2D eigenvalue weighted by molar-refractivity contribution is 7.45. The van der Waals surface area contributed by atoms with Crippen LogP contribution in [-0.2, 0) is 27.9 Å². The van der Waals surface area contributed by atoms with Gasteiger partial charge in [0.05, 0.1) is 34.4 Å². The summed E-state index contributed by atoms with van der Waals surface area (Å²) in [4.78, 5) is 25.1. The highest BCUT2D eigenvalue weighted by atomic mass is 31.2. The minimum atomic E-state index is -4.54. The van der Waals surface area contributed by atoms with Crippen LogP contribution in [0.25, 0.3) is 0 Å². The number of quaternary nitrogens is 1. The number of carbonyl (C=O) groups excluding carboxylic acids is 1. The smallest absolute Gasteiger partial charge is 0.306 e. The molecule has 0 spiro atoms. The number of unbranched alkanes of at least 4 members (excludes halogenated alkanes) is 22. The van der Waals surface area contributed by atoms with Gasteiger partial charge in [-0.05, 0) is 70.6 Å². The van der Waals surface area contributed by atoms with E-state index in [0.29, 0.717) is 24.1 Å². The van der Waals surface area contributed by atoms with Crippen molar-refractivity contribution in [2.24, 2.45) is 0 Å². The third kappa shape index (κ3) is 49.1. The topological polar surface area (TPSA) is 94.1 Å². The molecule has 2 atom stereocenters. The molecule has 0 aromatic rings. The van der Waals surface area contributed by atoms with Gasteiger partial charge >= 0.3 is 5.97 Å². The first-order chi connectivity index (χ1) is 29.6. The van der Waals surface area contributed by atoms with Gasteiger partial charge in [0, 0.05) is 13.0 Å². The van der Waals surface area contributed by atoms with Gasteiger partial charge in [-0.25, -0.2) is 0 Å². The predicted octanol–water partition coefficient (Wildman–Crippen LogP) is 14.6. The Bertz CT molecular complexity index is 1160. The fourth-order valence-corrected chi connectivity index (χ4v) is 7.45. The molecule has 0 heterocycles. The zero-order chi connectivity index (χ0) is 44.8. The summed E-state index contributed by atoms with van der Waals surface area (Å²) in [5.74, 6) is -0.353. The van der Waals surface area contributed by atoms with E-state index in [0.717, 1.165) is 57.8 Å². The predicted molar refractivity (Wildman–Crippen MR) is 259 cm³/mol. The van der Waals surface area contributed by atoms with E-state index in [1.165, 1.54) is 128 Å². The van der Waals surface area contributed by atoms with E-state index in [1.54, 1.807) is 0 Å². The van der Waals surface area contributed by atoms with E-state index in [2.05, 4.69) is 74.6 Å². The maximum Gasteiger partial charge on any atom is 0.306 e. The average Bonchev–Trinajstić information content (AvgIpc) is 3.22. The van der Waals surface area contributed by atoms with Crippen molar-refractivity contribution in [2.45, 2.75) is 213 Å². The van der Waals surface area contributed by atoms with Crippen LogP contribution in [0.2, 0.25) is 0 Å². The number of hydrogen-bond acceptors (Lipinski definition) is 7. The van der Waals surface area contributed by atoms with Crippen molar-refractivity contribution in [1.29, 1.82) is 0 Å². The second-order valence-corrected chi connectivity index (χ2v) is 19.2. The SMILES string of the molecule is CC/C=C\C/C=C\C/C=C\C/C=C\CCCOCC(COP(=O)([O-])OCC[N+](C)(C)C)OC(=O)CCCCCCCCCCCCCCC/C=C\CCCCCCCCCC. The molecule has 0 fully saturated rings. The van der Waals surface area contributed by atoms with E-state index in [9.17, 15) is 14.3 Å². The van der Waals surface area contributed by atoms with Gasteiger partial charge in [-0.3, -0.25) is 9.36 Å². The number of carbonyl (C=O) groups is 1. The average molecular weight is 878 g/mol. The number of phosphoric ester groups is 1. The number of nitrogens with zero attached hydrogens (tertiary/aromatic N) is 1. The van der Waals surface area contributed by atoms with E-state index >= 15 is 0 Å². The molecule has 61 heavy (non-hydrogen) atoms. The van der Waals surface area contributed by atoms with Crippen LogP contribution >= 0.6 is 7.82 Å². The van der Waals surface area contributed by atoms with Crippen LogP contribution in [0.4, 0.5) is 0 Å². The van der Waals surface area contributed by atoms with E-state index in [1.807, 2.05) is 21.1 Å². The molecular weight excluding hydrogens is 782 g/mol. The molecule has 0 aliphatic rings. The van der Waals surface area contributed by atoms with Crippen LogP contribution < -0.4 is 4.89 Å². The van der Waals surface area contributed by atoms with Crippen LogP contribution in [0.1, 0.15) is 206 Å². The summed E-state index contributed by atoms with van der Waals surface area (Å²) in [6.07, 6.45) is 57.0. The zero-order valence-corrected chi connectivity index (χ0v) is 41.2. The van der Waals surface area contributed by atoms with Gasteiger partial charge in [0.1, 0.15) is 19.3 Å². The molecule has 0 saturated heterocycles. The maximum absolute atomic E-state index is 12.7. The van der Waals surface area contributed by atoms with Gasteiger partial charge in [-0.15, -0.1) is 0 Å². The number of rotatable bonds is 46. The molecule has 0 aliphatic heterocycles. The first kappa shape index (κ1) is 59.2. The van der Waals surface area contributed by atoms with Gasteiger partial charge in [0.2, 0.25) is 0 Å². The summed E-state index contributed by atoms with van der Waals surface area (Å²) in [5.41, 5.74) is 0. The number of phosphoric acid groups is 1. The first-order valence-corrected chi connectivity index (χ1v) is 26.5. The van der Waals surface area contributed by atoms with Gasteiger partial charge in [0.15, 0.2) is 0 Å². The number of hydrogen-bond donors (Lipinski definition) is 0. The number of likely N-dealkylation sites (N-methyl/N-ethyl adjacent to an activating group) is 1. The molecule has 0 rings (SSSR count). The normalized spacial score (nSPS) is 14.1. The fourth-order valence-electron chi connectivity index (χ4n) is 6.72. The highest BCUT2D eigenvalue weighted by Crippen LogP contribution is 2.38. The Hall–Kier alpha value is -1.80. The highest BCUT2D eigenvalue weighted by Gasteiger charge is 2.20. The molecule has 0 N–H and O–H groups in total. The van der Waals surface area contributed by atoms with Crippen molar-refractivity contribution in [3.8, 4) is 0 Å². The van der Waals surface area contributed by atoms with Gasteiger partial charge in [0.25, 0.3) is 7.82 Å². The van der Waals surface area contributed by atoms with E-state index < -0.39 is 13.9 Å². The minimum absolute atomic E-state index is 0.0143. The molecule has 0 aromatic carbocycles. The lowest BCUT2D eigenvalue weighted by molar-refractivity contribution is -0.870. The summed E-state index contributed by atoms with van der Waals surface area (Å²) in [6, 6.07) is 0. The van der Waals surface area contributed by atoms with Crippen LogP contribution in [0.3, 0.4) is 0 Å². The molecule has 2 unspecified atom stereocenters. The number of ether oxygens (including phenoxy) is 2. The molecule has 0 bridgehead atoms. The Labute approximate surface area is 377 Å². The number of esters is 1. The Morgan fingerprint density at radius 2 is 0.951 bits per heavy atom. The monoisotopic (exact) mass is 878 g/mol. The molecule has 0 radical (unpaired) electrons. The number of allylic oxidation sites excluding steroid dienone is 10. The van der Waals surface area contributed by atoms with E-state index in [-0.39, 0.29) is 25.8 Å². The minimum Gasteiger partial charge on any atom is -0.756 e. The Balaban J connectivity index is 4.13. The van der Waals surface area contributed by atoms with Gasteiger partial charge in [-0.2, -0.15) is 0 Å². The van der Waals surface area contributed by atoms with Crippen molar-refractivity contribution >= 4 is 13.8 Å². The second kappa shape index (κ2) is 44.8. The van der Waals surface area contributed by atoms with Crippen molar-refractivity contribution in [3.05, 3.63) is 60.8 Å². The summed E-state index contributed by atoms with van der Waals surface area (Å²) >= 11 is 0. The largest absolute Gasteiger partial charge is 0.756 e.